The second-order valence-corrected chi connectivity index (χ2v) is 4.87. The number of aliphatic hydroxyl groups is 3. The first kappa shape index (κ1) is 15.7. The van der Waals surface area contributed by atoms with Crippen molar-refractivity contribution in [1.82, 2.24) is 0 Å². The lowest BCUT2D eigenvalue weighted by Gasteiger charge is -2.27. The van der Waals surface area contributed by atoms with Gasteiger partial charge in [0.05, 0.1) is 13.2 Å². The van der Waals surface area contributed by atoms with Gasteiger partial charge in [-0.1, -0.05) is 60.7 Å². The first-order valence-electron chi connectivity index (χ1n) is 6.90. The van der Waals surface area contributed by atoms with Crippen molar-refractivity contribution in [2.45, 2.75) is 24.9 Å². The maximum absolute atomic E-state index is 10.4. The first-order valence-corrected chi connectivity index (χ1v) is 6.90. The fourth-order valence-electron chi connectivity index (χ4n) is 2.12. The number of benzene rings is 2. The molecule has 4 nitrogen and oxygen atoms in total. The Morgan fingerprint density at radius 3 is 2.00 bits per heavy atom. The zero-order valence-corrected chi connectivity index (χ0v) is 11.7. The fourth-order valence-corrected chi connectivity index (χ4v) is 2.12. The zero-order valence-electron chi connectivity index (χ0n) is 11.7. The molecule has 21 heavy (non-hydrogen) atoms. The van der Waals surface area contributed by atoms with Crippen LogP contribution in [0.5, 0.6) is 0 Å². The highest BCUT2D eigenvalue weighted by molar-refractivity contribution is 5.19. The van der Waals surface area contributed by atoms with Crippen LogP contribution < -0.4 is 0 Å². The predicted molar refractivity (Wildman–Crippen MR) is 79.5 cm³/mol. The van der Waals surface area contributed by atoms with Gasteiger partial charge in [-0.3, -0.25) is 0 Å². The van der Waals surface area contributed by atoms with Gasteiger partial charge >= 0.3 is 0 Å². The van der Waals surface area contributed by atoms with E-state index in [1.165, 1.54) is 0 Å². The largest absolute Gasteiger partial charge is 0.394 e. The minimum absolute atomic E-state index is 0.256. The van der Waals surface area contributed by atoms with Gasteiger partial charge in [0.25, 0.3) is 0 Å². The smallest absolute Gasteiger partial charge is 0.116 e. The van der Waals surface area contributed by atoms with E-state index in [1.807, 2.05) is 36.4 Å². The molecule has 3 N–H and O–H groups in total. The number of hydrogen-bond donors (Lipinski definition) is 3. The Bertz CT molecular complexity index is 515. The summed E-state index contributed by atoms with van der Waals surface area (Å²) in [6, 6.07) is 18.5. The summed E-state index contributed by atoms with van der Waals surface area (Å²) < 4.78 is 5.64. The first-order chi connectivity index (χ1) is 10.2. The molecule has 0 aliphatic carbocycles. The van der Waals surface area contributed by atoms with E-state index in [0.29, 0.717) is 5.56 Å². The molecular formula is C17H20O4. The van der Waals surface area contributed by atoms with Crippen LogP contribution in [0, 0.1) is 0 Å². The lowest BCUT2D eigenvalue weighted by atomic mass is 10.0. The number of ether oxygens (including phenoxy) is 1. The molecule has 0 radical (unpaired) electrons. The minimum Gasteiger partial charge on any atom is -0.394 e. The predicted octanol–water partition coefficient (Wildman–Crippen LogP) is 1.66. The van der Waals surface area contributed by atoms with Crippen molar-refractivity contribution in [2.24, 2.45) is 0 Å². The molecule has 4 heteroatoms. The average molecular weight is 288 g/mol. The molecule has 0 saturated carbocycles. The van der Waals surface area contributed by atoms with E-state index in [2.05, 4.69) is 0 Å². The molecule has 112 valence electrons. The summed E-state index contributed by atoms with van der Waals surface area (Å²) >= 11 is 0. The van der Waals surface area contributed by atoms with E-state index in [0.717, 1.165) is 5.56 Å². The summed E-state index contributed by atoms with van der Waals surface area (Å²) in [4.78, 5) is 0. The van der Waals surface area contributed by atoms with Crippen molar-refractivity contribution >= 4 is 0 Å². The van der Waals surface area contributed by atoms with Crippen LogP contribution in [0.2, 0.25) is 0 Å². The van der Waals surface area contributed by atoms with Gasteiger partial charge in [0.15, 0.2) is 0 Å². The molecule has 0 saturated heterocycles. The van der Waals surface area contributed by atoms with Crippen LogP contribution >= 0.6 is 0 Å². The van der Waals surface area contributed by atoms with Crippen molar-refractivity contribution in [3.05, 3.63) is 71.8 Å². The summed E-state index contributed by atoms with van der Waals surface area (Å²) in [6.07, 6.45) is -3.04. The van der Waals surface area contributed by atoms with Gasteiger partial charge in [-0.25, -0.2) is 0 Å². The van der Waals surface area contributed by atoms with Crippen molar-refractivity contribution < 1.29 is 20.1 Å². The van der Waals surface area contributed by atoms with Gasteiger partial charge in [-0.15, -0.1) is 0 Å². The molecule has 0 aromatic heterocycles. The Morgan fingerprint density at radius 1 is 0.857 bits per heavy atom. The third-order valence-electron chi connectivity index (χ3n) is 3.30. The maximum atomic E-state index is 10.4. The van der Waals surface area contributed by atoms with Gasteiger partial charge < -0.3 is 20.1 Å². The molecule has 0 aliphatic rings. The SMILES string of the molecule is OC[C@H](O)[C@@H](OCc1ccccc1)[C@H](O)c1ccccc1. The Labute approximate surface area is 124 Å². The molecule has 0 heterocycles. The normalized spacial score (nSPS) is 15.4. The van der Waals surface area contributed by atoms with Gasteiger partial charge in [0.2, 0.25) is 0 Å². The Morgan fingerprint density at radius 2 is 1.43 bits per heavy atom. The molecule has 0 aliphatic heterocycles. The second kappa shape index (κ2) is 7.90. The van der Waals surface area contributed by atoms with Gasteiger partial charge in [0.1, 0.15) is 18.3 Å². The quantitative estimate of drug-likeness (QED) is 0.724. The van der Waals surface area contributed by atoms with E-state index >= 15 is 0 Å². The molecule has 0 unspecified atom stereocenters. The summed E-state index contributed by atoms with van der Waals surface area (Å²) in [6.45, 7) is -0.212. The summed E-state index contributed by atoms with van der Waals surface area (Å²) in [7, 11) is 0. The van der Waals surface area contributed by atoms with Crippen LogP contribution in [0.15, 0.2) is 60.7 Å². The third kappa shape index (κ3) is 4.37. The van der Waals surface area contributed by atoms with Crippen molar-refractivity contribution in [1.29, 1.82) is 0 Å². The summed E-state index contributed by atoms with van der Waals surface area (Å²) in [5.74, 6) is 0. The monoisotopic (exact) mass is 288 g/mol. The van der Waals surface area contributed by atoms with E-state index in [4.69, 9.17) is 9.84 Å². The van der Waals surface area contributed by atoms with Crippen LogP contribution in [0.25, 0.3) is 0 Å². The van der Waals surface area contributed by atoms with Crippen LogP contribution in [-0.2, 0) is 11.3 Å². The highest BCUT2D eigenvalue weighted by atomic mass is 16.5. The highest BCUT2D eigenvalue weighted by Gasteiger charge is 2.28. The highest BCUT2D eigenvalue weighted by Crippen LogP contribution is 2.22. The summed E-state index contributed by atoms with van der Waals surface area (Å²) in [5.41, 5.74) is 1.58. The Balaban J connectivity index is 2.07. The molecule has 0 spiro atoms. The topological polar surface area (TPSA) is 69.9 Å². The third-order valence-corrected chi connectivity index (χ3v) is 3.30. The zero-order chi connectivity index (χ0) is 15.1. The molecule has 0 amide bonds. The van der Waals surface area contributed by atoms with E-state index < -0.39 is 24.9 Å². The molecule has 0 fully saturated rings. The maximum Gasteiger partial charge on any atom is 0.116 e. The number of rotatable bonds is 7. The molecule has 0 bridgehead atoms. The number of hydrogen-bond acceptors (Lipinski definition) is 4. The summed E-state index contributed by atoms with van der Waals surface area (Å²) in [5, 5.41) is 29.4. The standard InChI is InChI=1S/C17H20O4/c18-11-15(19)17(16(20)14-9-5-2-6-10-14)21-12-13-7-3-1-4-8-13/h1-10,15-20H,11-12H2/t15-,16+,17+/m0/s1. The minimum atomic E-state index is -1.15. The lowest BCUT2D eigenvalue weighted by Crippen LogP contribution is -2.37. The van der Waals surface area contributed by atoms with Gasteiger partial charge in [-0.05, 0) is 11.1 Å². The Kier molecular flexibility index (Phi) is 5.90. The fraction of sp³-hybridized carbons (Fsp3) is 0.294. The van der Waals surface area contributed by atoms with Crippen LogP contribution in [-0.4, -0.2) is 34.1 Å². The van der Waals surface area contributed by atoms with Crippen molar-refractivity contribution in [3.63, 3.8) is 0 Å². The molecule has 2 aromatic rings. The second-order valence-electron chi connectivity index (χ2n) is 4.87. The van der Waals surface area contributed by atoms with Crippen molar-refractivity contribution in [2.75, 3.05) is 6.61 Å². The molecule has 3 atom stereocenters. The van der Waals surface area contributed by atoms with Crippen LogP contribution in [0.1, 0.15) is 17.2 Å². The van der Waals surface area contributed by atoms with Crippen LogP contribution in [0.3, 0.4) is 0 Å². The lowest BCUT2D eigenvalue weighted by molar-refractivity contribution is -0.120. The van der Waals surface area contributed by atoms with E-state index in [1.54, 1.807) is 24.3 Å². The number of aliphatic hydroxyl groups excluding tert-OH is 3. The van der Waals surface area contributed by atoms with Gasteiger partial charge in [-0.2, -0.15) is 0 Å². The average Bonchev–Trinajstić information content (AvgIpc) is 2.56. The molecular weight excluding hydrogens is 268 g/mol. The van der Waals surface area contributed by atoms with E-state index in [9.17, 15) is 10.2 Å². The Hall–Kier alpha value is -1.72. The molecule has 2 aromatic carbocycles. The van der Waals surface area contributed by atoms with Crippen molar-refractivity contribution in [3.8, 4) is 0 Å². The van der Waals surface area contributed by atoms with E-state index in [-0.39, 0.29) is 6.61 Å². The molecule has 2 rings (SSSR count). The van der Waals surface area contributed by atoms with Gasteiger partial charge in [0, 0.05) is 0 Å². The van der Waals surface area contributed by atoms with Crippen LogP contribution in [0.4, 0.5) is 0 Å².